The van der Waals surface area contributed by atoms with Gasteiger partial charge in [-0.05, 0) is 68.5 Å². The zero-order valence-corrected chi connectivity index (χ0v) is 18.9. The highest BCUT2D eigenvalue weighted by Gasteiger charge is 2.33. The molecular weight excluding hydrogens is 428 g/mol. The molecule has 0 radical (unpaired) electrons. The number of carbonyl (C=O) groups excluding carboxylic acids is 3. The van der Waals surface area contributed by atoms with Gasteiger partial charge in [0, 0.05) is 35.9 Å². The number of benzene rings is 2. The van der Waals surface area contributed by atoms with Gasteiger partial charge in [0.05, 0.1) is 5.92 Å². The van der Waals surface area contributed by atoms with Crippen molar-refractivity contribution < 1.29 is 19.1 Å². The van der Waals surface area contributed by atoms with Crippen molar-refractivity contribution in [2.24, 2.45) is 5.92 Å². The number of nitrogens with zero attached hydrogens (tertiary/aromatic N) is 2. The number of para-hydroxylation sites is 1. The Kier molecular flexibility index (Phi) is 6.80. The third-order valence-electron chi connectivity index (χ3n) is 6.22. The van der Waals surface area contributed by atoms with Crippen LogP contribution < -0.4 is 4.90 Å². The number of carbonyl (C=O) groups is 3. The van der Waals surface area contributed by atoms with Gasteiger partial charge < -0.3 is 14.5 Å². The molecule has 0 aromatic heterocycles. The van der Waals surface area contributed by atoms with E-state index in [9.17, 15) is 14.4 Å². The number of ether oxygens (including phenoxy) is 1. The van der Waals surface area contributed by atoms with E-state index in [0.29, 0.717) is 43.1 Å². The van der Waals surface area contributed by atoms with Gasteiger partial charge in [-0.3, -0.25) is 14.4 Å². The lowest BCUT2D eigenvalue weighted by Gasteiger charge is -2.33. The Morgan fingerprint density at radius 2 is 1.69 bits per heavy atom. The van der Waals surface area contributed by atoms with E-state index in [1.54, 1.807) is 41.0 Å². The Morgan fingerprint density at radius 3 is 2.41 bits per heavy atom. The second kappa shape index (κ2) is 9.74. The highest BCUT2D eigenvalue weighted by Crippen LogP contribution is 2.28. The molecule has 2 aromatic rings. The summed E-state index contributed by atoms with van der Waals surface area (Å²) in [4.78, 5) is 41.8. The van der Waals surface area contributed by atoms with Crippen molar-refractivity contribution in [3.8, 4) is 0 Å². The van der Waals surface area contributed by atoms with E-state index in [0.717, 1.165) is 24.1 Å². The van der Waals surface area contributed by atoms with Gasteiger partial charge >= 0.3 is 5.97 Å². The molecule has 2 amide bonds. The standard InChI is InChI=1S/C25H27ClN2O4/c1-17(23(29)28-14-4-6-18-5-2-3-7-22(18)28)32-25(31)20-12-15-27(16-13-20)24(30)19-8-10-21(26)11-9-19/h2-3,5,7-11,17,20H,4,6,12-16H2,1H3/t17-/m0/s1. The lowest BCUT2D eigenvalue weighted by molar-refractivity contribution is -0.159. The molecule has 6 nitrogen and oxygen atoms in total. The van der Waals surface area contributed by atoms with Gasteiger partial charge in [0.2, 0.25) is 0 Å². The number of halogens is 1. The van der Waals surface area contributed by atoms with Crippen LogP contribution in [0.1, 0.15) is 42.1 Å². The molecule has 4 rings (SSSR count). The lowest BCUT2D eigenvalue weighted by atomic mass is 9.96. The first-order valence-electron chi connectivity index (χ1n) is 11.1. The molecule has 2 aromatic carbocycles. The normalized spacial score (nSPS) is 17.4. The van der Waals surface area contributed by atoms with Crippen LogP contribution >= 0.6 is 11.6 Å². The van der Waals surface area contributed by atoms with E-state index < -0.39 is 6.10 Å². The fraction of sp³-hybridized carbons (Fsp3) is 0.400. The van der Waals surface area contributed by atoms with Gasteiger partial charge in [-0.1, -0.05) is 29.8 Å². The molecule has 1 atom stereocenters. The van der Waals surface area contributed by atoms with Crippen molar-refractivity contribution >= 4 is 35.1 Å². The Bertz CT molecular complexity index is 999. The van der Waals surface area contributed by atoms with E-state index in [-0.39, 0.29) is 23.7 Å². The van der Waals surface area contributed by atoms with Crippen molar-refractivity contribution in [3.63, 3.8) is 0 Å². The molecule has 2 aliphatic heterocycles. The number of amides is 2. The number of aryl methyl sites for hydroxylation is 1. The smallest absolute Gasteiger partial charge is 0.309 e. The van der Waals surface area contributed by atoms with Crippen molar-refractivity contribution in [3.05, 3.63) is 64.7 Å². The first-order chi connectivity index (χ1) is 15.4. The monoisotopic (exact) mass is 454 g/mol. The molecule has 1 fully saturated rings. The first-order valence-corrected chi connectivity index (χ1v) is 11.5. The summed E-state index contributed by atoms with van der Waals surface area (Å²) in [5.74, 6) is -0.940. The van der Waals surface area contributed by atoms with Gasteiger partial charge in [0.25, 0.3) is 11.8 Å². The topological polar surface area (TPSA) is 66.9 Å². The largest absolute Gasteiger partial charge is 0.452 e. The minimum atomic E-state index is -0.845. The summed E-state index contributed by atoms with van der Waals surface area (Å²) in [6, 6.07) is 14.7. The van der Waals surface area contributed by atoms with E-state index in [4.69, 9.17) is 16.3 Å². The lowest BCUT2D eigenvalue weighted by Crippen LogP contribution is -2.45. The predicted molar refractivity (Wildman–Crippen MR) is 123 cm³/mol. The second-order valence-electron chi connectivity index (χ2n) is 8.37. The summed E-state index contributed by atoms with van der Waals surface area (Å²) in [6.07, 6.45) is 2.03. The second-order valence-corrected chi connectivity index (χ2v) is 8.81. The number of piperidine rings is 1. The molecule has 0 unspecified atom stereocenters. The number of hydrogen-bond acceptors (Lipinski definition) is 4. The maximum atomic E-state index is 13.0. The quantitative estimate of drug-likeness (QED) is 0.652. The molecule has 32 heavy (non-hydrogen) atoms. The number of anilines is 1. The summed E-state index contributed by atoms with van der Waals surface area (Å²) in [6.45, 7) is 3.21. The summed E-state index contributed by atoms with van der Waals surface area (Å²) in [7, 11) is 0. The minimum absolute atomic E-state index is 0.0687. The number of rotatable bonds is 4. The first kappa shape index (κ1) is 22.3. The zero-order valence-electron chi connectivity index (χ0n) is 18.1. The molecule has 0 spiro atoms. The van der Waals surface area contributed by atoms with E-state index in [1.165, 1.54) is 0 Å². The van der Waals surface area contributed by atoms with Crippen LogP contribution in [0.25, 0.3) is 0 Å². The van der Waals surface area contributed by atoms with Crippen LogP contribution in [0.3, 0.4) is 0 Å². The van der Waals surface area contributed by atoms with E-state index >= 15 is 0 Å². The maximum Gasteiger partial charge on any atom is 0.309 e. The average molecular weight is 455 g/mol. The Balaban J connectivity index is 1.31. The van der Waals surface area contributed by atoms with Gasteiger partial charge in [0.1, 0.15) is 0 Å². The van der Waals surface area contributed by atoms with Crippen LogP contribution in [0.4, 0.5) is 5.69 Å². The van der Waals surface area contributed by atoms with Gasteiger partial charge in [-0.25, -0.2) is 0 Å². The molecule has 2 heterocycles. The van der Waals surface area contributed by atoms with Crippen molar-refractivity contribution in [1.82, 2.24) is 4.90 Å². The molecule has 2 aliphatic rings. The summed E-state index contributed by atoms with van der Waals surface area (Å²) >= 11 is 5.89. The zero-order chi connectivity index (χ0) is 22.7. The number of esters is 1. The molecular formula is C25H27ClN2O4. The molecule has 0 N–H and O–H groups in total. The highest BCUT2D eigenvalue weighted by atomic mass is 35.5. The van der Waals surface area contributed by atoms with Crippen LogP contribution in [0.15, 0.2) is 48.5 Å². The van der Waals surface area contributed by atoms with E-state index in [2.05, 4.69) is 0 Å². The fourth-order valence-electron chi connectivity index (χ4n) is 4.40. The maximum absolute atomic E-state index is 13.0. The molecule has 0 aliphatic carbocycles. The molecule has 0 bridgehead atoms. The summed E-state index contributed by atoms with van der Waals surface area (Å²) in [5.41, 5.74) is 2.63. The van der Waals surface area contributed by atoms with Crippen molar-refractivity contribution in [1.29, 1.82) is 0 Å². The van der Waals surface area contributed by atoms with Crippen LogP contribution in [0.2, 0.25) is 5.02 Å². The van der Waals surface area contributed by atoms with Crippen LogP contribution in [0.5, 0.6) is 0 Å². The molecule has 7 heteroatoms. The fourth-order valence-corrected chi connectivity index (χ4v) is 4.52. The Hall–Kier alpha value is -2.86. The van der Waals surface area contributed by atoms with Gasteiger partial charge in [-0.15, -0.1) is 0 Å². The SMILES string of the molecule is C[C@H](OC(=O)C1CCN(C(=O)c2ccc(Cl)cc2)CC1)C(=O)N1CCCc2ccccc21. The molecule has 0 saturated carbocycles. The third-order valence-corrected chi connectivity index (χ3v) is 6.48. The highest BCUT2D eigenvalue weighted by molar-refractivity contribution is 6.30. The average Bonchev–Trinajstić information content (AvgIpc) is 2.83. The summed E-state index contributed by atoms with van der Waals surface area (Å²) < 4.78 is 5.57. The van der Waals surface area contributed by atoms with Crippen LogP contribution in [-0.2, 0) is 20.7 Å². The predicted octanol–water partition coefficient (Wildman–Crippen LogP) is 4.10. The Morgan fingerprint density at radius 1 is 1.00 bits per heavy atom. The van der Waals surface area contributed by atoms with Gasteiger partial charge in [-0.2, -0.15) is 0 Å². The molecule has 168 valence electrons. The summed E-state index contributed by atoms with van der Waals surface area (Å²) in [5, 5.41) is 0.583. The number of hydrogen-bond donors (Lipinski definition) is 0. The van der Waals surface area contributed by atoms with Crippen molar-refractivity contribution in [2.75, 3.05) is 24.5 Å². The van der Waals surface area contributed by atoms with Gasteiger partial charge in [0.15, 0.2) is 6.10 Å². The minimum Gasteiger partial charge on any atom is -0.452 e. The van der Waals surface area contributed by atoms with Crippen LogP contribution in [0, 0.1) is 5.92 Å². The Labute approximate surface area is 193 Å². The molecule has 1 saturated heterocycles. The third kappa shape index (κ3) is 4.80. The number of likely N-dealkylation sites (tertiary alicyclic amines) is 1. The van der Waals surface area contributed by atoms with Crippen molar-refractivity contribution in [2.45, 2.75) is 38.7 Å². The number of fused-ring (bicyclic) bond motifs is 1. The van der Waals surface area contributed by atoms with Crippen LogP contribution in [-0.4, -0.2) is 48.4 Å². The van der Waals surface area contributed by atoms with E-state index in [1.807, 2.05) is 24.3 Å².